The number of hydrogen-bond acceptors (Lipinski definition) is 1. The van der Waals surface area contributed by atoms with Crippen molar-refractivity contribution in [3.8, 4) is 0 Å². The zero-order valence-electron chi connectivity index (χ0n) is 6.30. The van der Waals surface area contributed by atoms with Gasteiger partial charge in [-0.25, -0.2) is 0 Å². The van der Waals surface area contributed by atoms with Gasteiger partial charge in [0.2, 0.25) is 0 Å². The second-order valence-electron chi connectivity index (χ2n) is 1.80. The van der Waals surface area contributed by atoms with Crippen LogP contribution in [0.3, 0.4) is 0 Å². The van der Waals surface area contributed by atoms with Gasteiger partial charge in [-0.15, -0.1) is 0 Å². The maximum Gasteiger partial charge on any atom is 0.0143 e. The Morgan fingerprint density at radius 1 is 1.33 bits per heavy atom. The summed E-state index contributed by atoms with van der Waals surface area (Å²) in [5, 5.41) is 0. The van der Waals surface area contributed by atoms with Crippen LogP contribution in [0, 0.1) is 0 Å². The minimum absolute atomic E-state index is 1.07. The van der Waals surface area contributed by atoms with Crippen molar-refractivity contribution < 1.29 is 0 Å². The molecule has 0 saturated heterocycles. The van der Waals surface area contributed by atoms with Crippen molar-refractivity contribution >= 4 is 0 Å². The molecule has 0 aromatic carbocycles. The standard InChI is InChI=1S/C8H15N/c1-4-7-8-9(5-2)6-3/h4,7-8H,1,5-6H2,2-3H3/b8-7-. The lowest BCUT2D eigenvalue weighted by Gasteiger charge is -2.13. The maximum absolute atomic E-state index is 3.59. The molecule has 0 heterocycles. The van der Waals surface area contributed by atoms with Crippen molar-refractivity contribution in [2.45, 2.75) is 13.8 Å². The Balaban J connectivity index is 3.53. The molecular formula is C8H15N. The molecule has 0 aromatic rings. The van der Waals surface area contributed by atoms with Gasteiger partial charge in [0.15, 0.2) is 0 Å². The lowest BCUT2D eigenvalue weighted by atomic mass is 10.5. The third-order valence-corrected chi connectivity index (χ3v) is 1.25. The lowest BCUT2D eigenvalue weighted by molar-refractivity contribution is 0.419. The van der Waals surface area contributed by atoms with Gasteiger partial charge in [0.05, 0.1) is 0 Å². The summed E-state index contributed by atoms with van der Waals surface area (Å²) in [4.78, 5) is 2.21. The summed E-state index contributed by atoms with van der Waals surface area (Å²) in [6, 6.07) is 0. The predicted octanol–water partition coefficient (Wildman–Crippen LogP) is 2.03. The Morgan fingerprint density at radius 2 is 1.89 bits per heavy atom. The highest BCUT2D eigenvalue weighted by Crippen LogP contribution is 1.87. The van der Waals surface area contributed by atoms with Crippen molar-refractivity contribution in [1.82, 2.24) is 4.90 Å². The fraction of sp³-hybridized carbons (Fsp3) is 0.500. The van der Waals surface area contributed by atoms with Crippen LogP contribution in [0.15, 0.2) is 24.9 Å². The number of hydrogen-bond donors (Lipinski definition) is 0. The Hall–Kier alpha value is -0.720. The van der Waals surface area contributed by atoms with Gasteiger partial charge < -0.3 is 4.90 Å². The van der Waals surface area contributed by atoms with Crippen LogP contribution in [0.25, 0.3) is 0 Å². The molecule has 0 aliphatic heterocycles. The van der Waals surface area contributed by atoms with E-state index in [-0.39, 0.29) is 0 Å². The Labute approximate surface area is 57.7 Å². The van der Waals surface area contributed by atoms with Crippen LogP contribution < -0.4 is 0 Å². The summed E-state index contributed by atoms with van der Waals surface area (Å²) in [6.45, 7) is 10.0. The van der Waals surface area contributed by atoms with E-state index in [9.17, 15) is 0 Å². The monoisotopic (exact) mass is 125 g/mol. The van der Waals surface area contributed by atoms with Gasteiger partial charge in [-0.2, -0.15) is 0 Å². The van der Waals surface area contributed by atoms with Gasteiger partial charge in [-0.1, -0.05) is 12.7 Å². The molecule has 0 unspecified atom stereocenters. The number of rotatable bonds is 4. The summed E-state index contributed by atoms with van der Waals surface area (Å²) < 4.78 is 0. The highest BCUT2D eigenvalue weighted by Gasteiger charge is 1.85. The zero-order valence-corrected chi connectivity index (χ0v) is 6.30. The Kier molecular flexibility index (Phi) is 4.98. The SMILES string of the molecule is C=C/C=C\N(CC)CC. The first-order chi connectivity index (χ1) is 4.35. The third kappa shape index (κ3) is 3.83. The van der Waals surface area contributed by atoms with Gasteiger partial charge in [-0.3, -0.25) is 0 Å². The van der Waals surface area contributed by atoms with E-state index in [4.69, 9.17) is 0 Å². The van der Waals surface area contributed by atoms with E-state index in [0.717, 1.165) is 13.1 Å². The largest absolute Gasteiger partial charge is 0.378 e. The van der Waals surface area contributed by atoms with Crippen molar-refractivity contribution in [2.24, 2.45) is 0 Å². The molecule has 0 fully saturated rings. The maximum atomic E-state index is 3.59. The van der Waals surface area contributed by atoms with Crippen LogP contribution >= 0.6 is 0 Å². The number of nitrogens with zero attached hydrogens (tertiary/aromatic N) is 1. The van der Waals surface area contributed by atoms with E-state index >= 15 is 0 Å². The molecule has 0 N–H and O–H groups in total. The first kappa shape index (κ1) is 8.28. The Morgan fingerprint density at radius 3 is 2.22 bits per heavy atom. The number of allylic oxidation sites excluding steroid dienone is 2. The van der Waals surface area contributed by atoms with Crippen LogP contribution in [-0.2, 0) is 0 Å². The molecule has 0 aliphatic carbocycles. The van der Waals surface area contributed by atoms with E-state index in [2.05, 4.69) is 25.3 Å². The Bertz CT molecular complexity index is 90.7. The molecule has 1 nitrogen and oxygen atoms in total. The average Bonchev–Trinajstić information content (AvgIpc) is 1.91. The topological polar surface area (TPSA) is 3.24 Å². The fourth-order valence-electron chi connectivity index (χ4n) is 0.617. The smallest absolute Gasteiger partial charge is 0.0143 e. The zero-order chi connectivity index (χ0) is 7.11. The lowest BCUT2D eigenvalue weighted by Crippen LogP contribution is -2.14. The first-order valence-electron chi connectivity index (χ1n) is 3.38. The second kappa shape index (κ2) is 5.42. The summed E-state index contributed by atoms with van der Waals surface area (Å²) in [6.07, 6.45) is 5.79. The highest BCUT2D eigenvalue weighted by molar-refractivity contribution is 4.96. The molecule has 1 heteroatoms. The van der Waals surface area contributed by atoms with Gasteiger partial charge in [-0.05, 0) is 26.1 Å². The molecule has 52 valence electrons. The van der Waals surface area contributed by atoms with E-state index < -0.39 is 0 Å². The molecular weight excluding hydrogens is 110 g/mol. The third-order valence-electron chi connectivity index (χ3n) is 1.25. The molecule has 9 heavy (non-hydrogen) atoms. The van der Waals surface area contributed by atoms with Crippen LogP contribution in [0.1, 0.15) is 13.8 Å². The van der Waals surface area contributed by atoms with E-state index in [1.807, 2.05) is 12.3 Å². The molecule has 0 aliphatic rings. The van der Waals surface area contributed by atoms with Gasteiger partial charge in [0.1, 0.15) is 0 Å². The predicted molar refractivity (Wildman–Crippen MR) is 42.3 cm³/mol. The van der Waals surface area contributed by atoms with E-state index in [1.54, 1.807) is 6.08 Å². The summed E-state index contributed by atoms with van der Waals surface area (Å²) in [5.74, 6) is 0. The van der Waals surface area contributed by atoms with Gasteiger partial charge in [0.25, 0.3) is 0 Å². The van der Waals surface area contributed by atoms with E-state index in [0.29, 0.717) is 0 Å². The van der Waals surface area contributed by atoms with Gasteiger partial charge >= 0.3 is 0 Å². The minimum atomic E-state index is 1.07. The van der Waals surface area contributed by atoms with Crippen LogP contribution in [-0.4, -0.2) is 18.0 Å². The normalized spacial score (nSPS) is 10.0. The van der Waals surface area contributed by atoms with Crippen molar-refractivity contribution in [3.63, 3.8) is 0 Å². The minimum Gasteiger partial charge on any atom is -0.378 e. The van der Waals surface area contributed by atoms with Crippen molar-refractivity contribution in [3.05, 3.63) is 24.9 Å². The summed E-state index contributed by atoms with van der Waals surface area (Å²) in [5.41, 5.74) is 0. The van der Waals surface area contributed by atoms with Crippen LogP contribution in [0.4, 0.5) is 0 Å². The second-order valence-corrected chi connectivity index (χ2v) is 1.80. The fourth-order valence-corrected chi connectivity index (χ4v) is 0.617. The summed E-state index contributed by atoms with van der Waals surface area (Å²) >= 11 is 0. The molecule has 0 amide bonds. The quantitative estimate of drug-likeness (QED) is 0.520. The van der Waals surface area contributed by atoms with Crippen LogP contribution in [0.2, 0.25) is 0 Å². The highest BCUT2D eigenvalue weighted by atomic mass is 15.1. The van der Waals surface area contributed by atoms with Crippen molar-refractivity contribution in [2.75, 3.05) is 13.1 Å². The molecule has 0 rings (SSSR count). The summed E-state index contributed by atoms with van der Waals surface area (Å²) in [7, 11) is 0. The molecule has 0 bridgehead atoms. The molecule has 0 spiro atoms. The molecule has 0 aromatic heterocycles. The molecule has 0 saturated carbocycles. The first-order valence-corrected chi connectivity index (χ1v) is 3.38. The molecule has 0 atom stereocenters. The van der Waals surface area contributed by atoms with Gasteiger partial charge in [0, 0.05) is 13.1 Å². The van der Waals surface area contributed by atoms with E-state index in [1.165, 1.54) is 0 Å². The van der Waals surface area contributed by atoms with Crippen molar-refractivity contribution in [1.29, 1.82) is 0 Å². The van der Waals surface area contributed by atoms with Crippen LogP contribution in [0.5, 0.6) is 0 Å². The average molecular weight is 125 g/mol. The molecule has 0 radical (unpaired) electrons.